The molecular weight excluding hydrogens is 293 g/mol. The van der Waals surface area contributed by atoms with Crippen molar-refractivity contribution >= 4 is 23.1 Å². The number of ether oxygens (including phenoxy) is 1. The van der Waals surface area contributed by atoms with Gasteiger partial charge in [0.05, 0.1) is 5.57 Å². The third-order valence-electron chi connectivity index (χ3n) is 2.14. The minimum Gasteiger partial charge on any atom is -0.456 e. The van der Waals surface area contributed by atoms with Crippen LogP contribution in [0.1, 0.15) is 26.3 Å². The van der Waals surface area contributed by atoms with E-state index in [9.17, 15) is 18.0 Å². The van der Waals surface area contributed by atoms with Gasteiger partial charge in [0.25, 0.3) is 0 Å². The average molecular weight is 307 g/mol. The summed E-state index contributed by atoms with van der Waals surface area (Å²) in [4.78, 5) is 11.7. The fourth-order valence-electron chi connectivity index (χ4n) is 1.44. The summed E-state index contributed by atoms with van der Waals surface area (Å²) in [5.74, 6) is -1.20. The van der Waals surface area contributed by atoms with E-state index in [-0.39, 0.29) is 5.56 Å². The molecule has 2 nitrogen and oxygen atoms in total. The van der Waals surface area contributed by atoms with Gasteiger partial charge in [-0.15, -0.1) is 0 Å². The first kappa shape index (κ1) is 16.6. The summed E-state index contributed by atoms with van der Waals surface area (Å²) in [5.41, 5.74) is -2.31. The molecule has 0 saturated heterocycles. The Morgan fingerprint density at radius 3 is 2.00 bits per heavy atom. The number of alkyl halides is 3. The highest BCUT2D eigenvalue weighted by Crippen LogP contribution is 2.38. The molecule has 0 radical (unpaired) electrons. The molecule has 0 unspecified atom stereocenters. The van der Waals surface area contributed by atoms with Crippen LogP contribution in [0.5, 0.6) is 0 Å². The summed E-state index contributed by atoms with van der Waals surface area (Å²) < 4.78 is 44.2. The normalized spacial score (nSPS) is 13.8. The van der Waals surface area contributed by atoms with E-state index in [0.29, 0.717) is 0 Å². The quantitative estimate of drug-likeness (QED) is 0.592. The van der Waals surface area contributed by atoms with Gasteiger partial charge in [0.1, 0.15) is 10.6 Å². The first-order chi connectivity index (χ1) is 9.02. The third-order valence-corrected chi connectivity index (χ3v) is 2.49. The lowest BCUT2D eigenvalue weighted by atomic mass is 10.0. The Morgan fingerprint density at radius 2 is 1.60 bits per heavy atom. The van der Waals surface area contributed by atoms with E-state index in [1.807, 2.05) is 0 Å². The van der Waals surface area contributed by atoms with Crippen molar-refractivity contribution in [2.45, 2.75) is 32.5 Å². The number of halogens is 4. The number of carbonyl (C=O) groups is 1. The molecule has 0 aliphatic carbocycles. The van der Waals surface area contributed by atoms with Gasteiger partial charge >= 0.3 is 12.1 Å². The largest absolute Gasteiger partial charge is 0.456 e. The maximum absolute atomic E-state index is 13.1. The Labute approximate surface area is 120 Å². The summed E-state index contributed by atoms with van der Waals surface area (Å²) in [5, 5.41) is -0.973. The first-order valence-electron chi connectivity index (χ1n) is 5.78. The molecule has 0 bridgehead atoms. The molecular formula is C14H14ClF3O2. The van der Waals surface area contributed by atoms with E-state index in [1.54, 1.807) is 26.8 Å². The number of hydrogen-bond acceptors (Lipinski definition) is 2. The zero-order valence-electron chi connectivity index (χ0n) is 11.2. The lowest BCUT2D eigenvalue weighted by Crippen LogP contribution is -2.25. The van der Waals surface area contributed by atoms with Crippen LogP contribution in [-0.4, -0.2) is 17.7 Å². The number of benzene rings is 1. The van der Waals surface area contributed by atoms with Gasteiger partial charge in [-0.3, -0.25) is 0 Å². The number of allylic oxidation sites excluding steroid dienone is 1. The Balaban J connectivity index is 3.30. The SMILES string of the molecule is CC(C)(C)OC(=O)/C(Cl)=C(\c1ccccc1)C(F)(F)F. The molecule has 0 fully saturated rings. The van der Waals surface area contributed by atoms with Crippen molar-refractivity contribution in [2.75, 3.05) is 0 Å². The molecule has 0 spiro atoms. The van der Waals surface area contributed by atoms with Crippen LogP contribution in [0.4, 0.5) is 13.2 Å². The van der Waals surface area contributed by atoms with Crippen LogP contribution in [0.25, 0.3) is 5.57 Å². The summed E-state index contributed by atoms with van der Waals surface area (Å²) in [6.45, 7) is 4.64. The second-order valence-electron chi connectivity index (χ2n) is 5.05. The average Bonchev–Trinajstić information content (AvgIpc) is 2.26. The van der Waals surface area contributed by atoms with Crippen LogP contribution >= 0.6 is 11.6 Å². The Kier molecular flexibility index (Phi) is 4.86. The molecule has 0 amide bonds. The summed E-state index contributed by atoms with van der Waals surface area (Å²) in [7, 11) is 0. The van der Waals surface area contributed by atoms with Crippen LogP contribution in [0.2, 0.25) is 0 Å². The minimum atomic E-state index is -4.75. The lowest BCUT2D eigenvalue weighted by Gasteiger charge is -2.21. The lowest BCUT2D eigenvalue weighted by molar-refractivity contribution is -0.149. The maximum atomic E-state index is 13.1. The molecule has 1 aromatic carbocycles. The predicted octanol–water partition coefficient (Wildman–Crippen LogP) is 4.54. The van der Waals surface area contributed by atoms with Gasteiger partial charge in [-0.25, -0.2) is 4.79 Å². The third kappa shape index (κ3) is 4.56. The Hall–Kier alpha value is -1.49. The van der Waals surface area contributed by atoms with Crippen molar-refractivity contribution in [3.05, 3.63) is 40.9 Å². The van der Waals surface area contributed by atoms with Crippen molar-refractivity contribution in [1.82, 2.24) is 0 Å². The standard InChI is InChI=1S/C14H14ClF3O2/c1-13(2,3)20-12(19)11(15)10(14(16,17)18)9-7-5-4-6-8-9/h4-8H,1-3H3/b11-10-. The van der Waals surface area contributed by atoms with E-state index in [4.69, 9.17) is 16.3 Å². The number of hydrogen-bond donors (Lipinski definition) is 0. The van der Waals surface area contributed by atoms with Gasteiger partial charge in [0.15, 0.2) is 0 Å². The van der Waals surface area contributed by atoms with Gasteiger partial charge in [-0.05, 0) is 26.3 Å². The molecule has 1 aromatic rings. The van der Waals surface area contributed by atoms with Crippen molar-refractivity contribution in [3.8, 4) is 0 Å². The van der Waals surface area contributed by atoms with E-state index in [0.717, 1.165) is 0 Å². The van der Waals surface area contributed by atoms with E-state index >= 15 is 0 Å². The van der Waals surface area contributed by atoms with Gasteiger partial charge in [0, 0.05) is 0 Å². The van der Waals surface area contributed by atoms with Crippen molar-refractivity contribution in [2.24, 2.45) is 0 Å². The minimum absolute atomic E-state index is 0.184. The Morgan fingerprint density at radius 1 is 1.10 bits per heavy atom. The van der Waals surface area contributed by atoms with Gasteiger partial charge in [-0.2, -0.15) is 13.2 Å². The van der Waals surface area contributed by atoms with Gasteiger partial charge < -0.3 is 4.74 Å². The number of esters is 1. The molecule has 0 N–H and O–H groups in total. The molecule has 0 aromatic heterocycles. The van der Waals surface area contributed by atoms with E-state index in [2.05, 4.69) is 0 Å². The van der Waals surface area contributed by atoms with Crippen LogP contribution < -0.4 is 0 Å². The molecule has 6 heteroatoms. The first-order valence-corrected chi connectivity index (χ1v) is 6.16. The molecule has 110 valence electrons. The molecule has 20 heavy (non-hydrogen) atoms. The molecule has 1 rings (SSSR count). The molecule has 0 aliphatic rings. The highest BCUT2D eigenvalue weighted by molar-refractivity contribution is 6.44. The van der Waals surface area contributed by atoms with Crippen molar-refractivity contribution in [3.63, 3.8) is 0 Å². The fourth-order valence-corrected chi connectivity index (χ4v) is 1.70. The summed E-state index contributed by atoms with van der Waals surface area (Å²) >= 11 is 5.61. The van der Waals surface area contributed by atoms with Crippen molar-refractivity contribution in [1.29, 1.82) is 0 Å². The summed E-state index contributed by atoms with van der Waals surface area (Å²) in [6, 6.07) is 6.89. The smallest absolute Gasteiger partial charge is 0.418 e. The predicted molar refractivity (Wildman–Crippen MR) is 71.1 cm³/mol. The maximum Gasteiger partial charge on any atom is 0.418 e. The second kappa shape index (κ2) is 5.87. The molecule has 0 saturated carbocycles. The fraction of sp³-hybridized carbons (Fsp3) is 0.357. The zero-order chi connectivity index (χ0) is 15.6. The molecule has 0 heterocycles. The van der Waals surface area contributed by atoms with Crippen molar-refractivity contribution < 1.29 is 22.7 Å². The number of rotatable bonds is 2. The summed E-state index contributed by atoms with van der Waals surface area (Å²) in [6.07, 6.45) is -4.75. The van der Waals surface area contributed by atoms with Crippen LogP contribution in [0, 0.1) is 0 Å². The van der Waals surface area contributed by atoms with Crippen LogP contribution in [0.15, 0.2) is 35.4 Å². The topological polar surface area (TPSA) is 26.3 Å². The highest BCUT2D eigenvalue weighted by Gasteiger charge is 2.39. The van der Waals surface area contributed by atoms with Crippen LogP contribution in [-0.2, 0) is 9.53 Å². The number of carbonyl (C=O) groups excluding carboxylic acids is 1. The monoisotopic (exact) mass is 306 g/mol. The van der Waals surface area contributed by atoms with E-state index in [1.165, 1.54) is 24.3 Å². The van der Waals surface area contributed by atoms with Crippen LogP contribution in [0.3, 0.4) is 0 Å². The van der Waals surface area contributed by atoms with E-state index < -0.39 is 28.4 Å². The molecule has 0 atom stereocenters. The molecule has 0 aliphatic heterocycles. The Bertz CT molecular complexity index is 513. The van der Waals surface area contributed by atoms with Gasteiger partial charge in [-0.1, -0.05) is 41.9 Å². The van der Waals surface area contributed by atoms with Gasteiger partial charge in [0.2, 0.25) is 0 Å². The zero-order valence-corrected chi connectivity index (χ0v) is 12.0. The second-order valence-corrected chi connectivity index (χ2v) is 5.43. The highest BCUT2D eigenvalue weighted by atomic mass is 35.5.